The van der Waals surface area contributed by atoms with Crippen LogP contribution in [0.2, 0.25) is 0 Å². The Kier molecular flexibility index (Phi) is 3.84. The van der Waals surface area contributed by atoms with Gasteiger partial charge in [0.05, 0.1) is 12.2 Å². The number of carbonyl (C=O) groups is 1. The van der Waals surface area contributed by atoms with E-state index in [2.05, 4.69) is 15.3 Å². The van der Waals surface area contributed by atoms with E-state index in [0.29, 0.717) is 25.5 Å². The maximum atomic E-state index is 13.4. The Morgan fingerprint density at radius 3 is 3.00 bits per heavy atom. The second kappa shape index (κ2) is 5.82. The van der Waals surface area contributed by atoms with Gasteiger partial charge in [0.15, 0.2) is 0 Å². The van der Waals surface area contributed by atoms with Gasteiger partial charge in [0, 0.05) is 30.5 Å². The number of aromatic amines is 1. The zero-order valence-corrected chi connectivity index (χ0v) is 12.5. The maximum Gasteiger partial charge on any atom is 0.252 e. The molecule has 1 atom stereocenters. The fourth-order valence-electron chi connectivity index (χ4n) is 2.61. The molecule has 0 saturated carbocycles. The van der Waals surface area contributed by atoms with Crippen molar-refractivity contribution in [2.45, 2.75) is 18.9 Å². The Morgan fingerprint density at radius 1 is 1.57 bits per heavy atom. The van der Waals surface area contributed by atoms with Crippen molar-refractivity contribution in [1.82, 2.24) is 15.3 Å². The summed E-state index contributed by atoms with van der Waals surface area (Å²) in [4.78, 5) is 20.0. The van der Waals surface area contributed by atoms with Crippen LogP contribution < -0.4 is 5.32 Å². The summed E-state index contributed by atoms with van der Waals surface area (Å²) in [6.07, 6.45) is 2.27. The van der Waals surface area contributed by atoms with Crippen molar-refractivity contribution in [3.8, 4) is 6.07 Å². The molecule has 1 aromatic heterocycles. The number of ether oxygens (including phenoxy) is 1. The minimum absolute atomic E-state index is 0.164. The highest BCUT2D eigenvalue weighted by Gasteiger charge is 2.41. The standard InChI is InChI=1S/C16H15FN4O2/c1-10-8-19-15(20-10)16(4-5-23-9-16)21-14(22)11-2-3-13(17)12(6-11)7-18/h2-3,6,8H,4-5,9H2,1H3,(H,19,20)(H,21,22). The third-order valence-corrected chi connectivity index (χ3v) is 3.88. The zero-order valence-electron chi connectivity index (χ0n) is 12.5. The lowest BCUT2D eigenvalue weighted by Gasteiger charge is -2.26. The van der Waals surface area contributed by atoms with Crippen LogP contribution >= 0.6 is 0 Å². The molecule has 0 radical (unpaired) electrons. The van der Waals surface area contributed by atoms with Crippen LogP contribution in [0.1, 0.15) is 33.9 Å². The molecule has 1 saturated heterocycles. The van der Waals surface area contributed by atoms with Gasteiger partial charge in [-0.25, -0.2) is 9.37 Å². The minimum atomic E-state index is -0.744. The van der Waals surface area contributed by atoms with Gasteiger partial charge in [-0.2, -0.15) is 5.26 Å². The summed E-state index contributed by atoms with van der Waals surface area (Å²) in [7, 11) is 0. The third kappa shape index (κ3) is 2.81. The predicted molar refractivity (Wildman–Crippen MR) is 79.0 cm³/mol. The van der Waals surface area contributed by atoms with E-state index in [1.54, 1.807) is 12.3 Å². The molecule has 1 fully saturated rings. The summed E-state index contributed by atoms with van der Waals surface area (Å²) in [6.45, 7) is 2.69. The van der Waals surface area contributed by atoms with Crippen molar-refractivity contribution in [2.75, 3.05) is 13.2 Å². The first-order valence-corrected chi connectivity index (χ1v) is 7.16. The number of aryl methyl sites for hydroxylation is 1. The van der Waals surface area contributed by atoms with E-state index in [9.17, 15) is 9.18 Å². The Hall–Kier alpha value is -2.72. The van der Waals surface area contributed by atoms with Crippen LogP contribution in [0.3, 0.4) is 0 Å². The van der Waals surface area contributed by atoms with Gasteiger partial charge in [0.2, 0.25) is 0 Å². The van der Waals surface area contributed by atoms with Crippen LogP contribution in [0.15, 0.2) is 24.4 Å². The minimum Gasteiger partial charge on any atom is -0.378 e. The number of rotatable bonds is 3. The number of nitriles is 1. The number of hydrogen-bond donors (Lipinski definition) is 2. The van der Waals surface area contributed by atoms with Crippen LogP contribution in [-0.2, 0) is 10.3 Å². The van der Waals surface area contributed by atoms with Crippen molar-refractivity contribution in [3.63, 3.8) is 0 Å². The molecule has 1 aliphatic rings. The average molecular weight is 314 g/mol. The molecule has 0 bridgehead atoms. The predicted octanol–water partition coefficient (Wildman–Crippen LogP) is 1.77. The smallest absolute Gasteiger partial charge is 0.252 e. The first-order valence-electron chi connectivity index (χ1n) is 7.16. The molecule has 23 heavy (non-hydrogen) atoms. The van der Waals surface area contributed by atoms with Gasteiger partial charge < -0.3 is 15.0 Å². The van der Waals surface area contributed by atoms with Gasteiger partial charge in [0.25, 0.3) is 5.91 Å². The van der Waals surface area contributed by atoms with Crippen LogP contribution in [0.4, 0.5) is 4.39 Å². The number of imidazole rings is 1. The van der Waals surface area contributed by atoms with Gasteiger partial charge in [-0.15, -0.1) is 0 Å². The molecule has 2 N–H and O–H groups in total. The van der Waals surface area contributed by atoms with Gasteiger partial charge in [0.1, 0.15) is 23.2 Å². The second-order valence-corrected chi connectivity index (χ2v) is 5.56. The molecule has 6 nitrogen and oxygen atoms in total. The number of carbonyl (C=O) groups excluding carboxylic acids is 1. The summed E-state index contributed by atoms with van der Waals surface area (Å²) in [6, 6.07) is 5.43. The molecule has 1 aliphatic heterocycles. The lowest BCUT2D eigenvalue weighted by Crippen LogP contribution is -2.47. The number of hydrogen-bond acceptors (Lipinski definition) is 4. The summed E-state index contributed by atoms with van der Waals surface area (Å²) in [5, 5.41) is 11.8. The second-order valence-electron chi connectivity index (χ2n) is 5.56. The van der Waals surface area contributed by atoms with Crippen molar-refractivity contribution in [3.05, 3.63) is 52.9 Å². The van der Waals surface area contributed by atoms with E-state index in [0.717, 1.165) is 11.8 Å². The maximum absolute atomic E-state index is 13.4. The molecule has 118 valence electrons. The van der Waals surface area contributed by atoms with E-state index >= 15 is 0 Å². The highest BCUT2D eigenvalue weighted by Crippen LogP contribution is 2.29. The van der Waals surface area contributed by atoms with Gasteiger partial charge in [-0.3, -0.25) is 4.79 Å². The van der Waals surface area contributed by atoms with Crippen LogP contribution in [-0.4, -0.2) is 29.1 Å². The van der Waals surface area contributed by atoms with E-state index in [1.807, 2.05) is 6.92 Å². The molecular weight excluding hydrogens is 299 g/mol. The molecule has 2 aromatic rings. The number of amides is 1. The highest BCUT2D eigenvalue weighted by atomic mass is 19.1. The highest BCUT2D eigenvalue weighted by molar-refractivity contribution is 5.95. The molecule has 0 spiro atoms. The topological polar surface area (TPSA) is 90.8 Å². The zero-order chi connectivity index (χ0) is 16.4. The van der Waals surface area contributed by atoms with E-state index in [1.165, 1.54) is 12.1 Å². The van der Waals surface area contributed by atoms with E-state index in [4.69, 9.17) is 10.00 Å². The molecule has 2 heterocycles. The largest absolute Gasteiger partial charge is 0.378 e. The Morgan fingerprint density at radius 2 is 2.39 bits per heavy atom. The first-order chi connectivity index (χ1) is 11.0. The quantitative estimate of drug-likeness (QED) is 0.903. The lowest BCUT2D eigenvalue weighted by atomic mass is 9.96. The average Bonchev–Trinajstić information content (AvgIpc) is 3.17. The Labute approximate surface area is 132 Å². The number of H-pyrrole nitrogens is 1. The molecule has 0 aliphatic carbocycles. The number of aromatic nitrogens is 2. The molecular formula is C16H15FN4O2. The Bertz CT molecular complexity index is 788. The molecule has 7 heteroatoms. The Balaban J connectivity index is 1.89. The van der Waals surface area contributed by atoms with Gasteiger partial charge >= 0.3 is 0 Å². The summed E-state index contributed by atoms with van der Waals surface area (Å²) < 4.78 is 18.8. The number of benzene rings is 1. The third-order valence-electron chi connectivity index (χ3n) is 3.88. The lowest BCUT2D eigenvalue weighted by molar-refractivity contribution is 0.0869. The summed E-state index contributed by atoms with van der Waals surface area (Å²) in [5.74, 6) is -0.422. The normalized spacial score (nSPS) is 20.2. The van der Waals surface area contributed by atoms with Crippen molar-refractivity contribution in [2.24, 2.45) is 0 Å². The number of nitrogens with zero attached hydrogens (tertiary/aromatic N) is 2. The van der Waals surface area contributed by atoms with Crippen LogP contribution in [0.25, 0.3) is 0 Å². The summed E-state index contributed by atoms with van der Waals surface area (Å²) in [5.41, 5.74) is 0.196. The van der Waals surface area contributed by atoms with Crippen molar-refractivity contribution >= 4 is 5.91 Å². The van der Waals surface area contributed by atoms with Crippen molar-refractivity contribution in [1.29, 1.82) is 5.26 Å². The molecule has 1 aromatic carbocycles. The molecule has 1 amide bonds. The monoisotopic (exact) mass is 314 g/mol. The van der Waals surface area contributed by atoms with Gasteiger partial charge in [-0.1, -0.05) is 0 Å². The van der Waals surface area contributed by atoms with Gasteiger partial charge in [-0.05, 0) is 25.1 Å². The first kappa shape index (κ1) is 15.2. The number of nitrogens with one attached hydrogen (secondary N) is 2. The fourth-order valence-corrected chi connectivity index (χ4v) is 2.61. The van der Waals surface area contributed by atoms with Crippen LogP contribution in [0.5, 0.6) is 0 Å². The van der Waals surface area contributed by atoms with E-state index < -0.39 is 17.3 Å². The SMILES string of the molecule is Cc1cnc(C2(NC(=O)c3ccc(F)c(C#N)c3)CCOC2)[nH]1. The van der Waals surface area contributed by atoms with Crippen LogP contribution in [0, 0.1) is 24.1 Å². The van der Waals surface area contributed by atoms with Crippen molar-refractivity contribution < 1.29 is 13.9 Å². The molecule has 3 rings (SSSR count). The number of halogens is 1. The molecule has 1 unspecified atom stereocenters. The summed E-state index contributed by atoms with van der Waals surface area (Å²) >= 11 is 0. The van der Waals surface area contributed by atoms with E-state index in [-0.39, 0.29) is 11.1 Å². The fraction of sp³-hybridized carbons (Fsp3) is 0.312.